The summed E-state index contributed by atoms with van der Waals surface area (Å²) in [5.74, 6) is 1.18. The topological polar surface area (TPSA) is 55.1 Å². The average Bonchev–Trinajstić information content (AvgIpc) is 2.37. The van der Waals surface area contributed by atoms with E-state index >= 15 is 0 Å². The maximum atomic E-state index is 12.7. The zero-order valence-corrected chi connectivity index (χ0v) is 12.0. The first kappa shape index (κ1) is 16.0. The molecule has 1 rings (SSSR count). The number of carbonyl (C=O) groups excluding carboxylic acids is 1. The second-order valence-electron chi connectivity index (χ2n) is 4.54. The third kappa shape index (κ3) is 7.85. The minimum absolute atomic E-state index is 0.0387. The van der Waals surface area contributed by atoms with E-state index in [1.54, 1.807) is 23.9 Å². The van der Waals surface area contributed by atoms with E-state index in [4.69, 9.17) is 5.73 Å². The molecule has 3 nitrogen and oxygen atoms in total. The van der Waals surface area contributed by atoms with Gasteiger partial charge in [0, 0.05) is 12.6 Å². The lowest BCUT2D eigenvalue weighted by molar-refractivity contribution is -0.118. The molecular formula is C14H21FN2OS. The minimum Gasteiger partial charge on any atom is -0.355 e. The van der Waals surface area contributed by atoms with Gasteiger partial charge in [0.15, 0.2) is 0 Å². The maximum absolute atomic E-state index is 12.7. The fourth-order valence-electron chi connectivity index (χ4n) is 1.48. The number of hydrogen-bond acceptors (Lipinski definition) is 3. The van der Waals surface area contributed by atoms with Crippen molar-refractivity contribution in [3.8, 4) is 0 Å². The van der Waals surface area contributed by atoms with Gasteiger partial charge in [-0.1, -0.05) is 12.1 Å². The van der Waals surface area contributed by atoms with Gasteiger partial charge in [0.2, 0.25) is 5.91 Å². The van der Waals surface area contributed by atoms with E-state index in [9.17, 15) is 9.18 Å². The first-order valence-corrected chi connectivity index (χ1v) is 7.58. The summed E-state index contributed by atoms with van der Waals surface area (Å²) < 4.78 is 12.7. The van der Waals surface area contributed by atoms with Crippen LogP contribution in [0.4, 0.5) is 4.39 Å². The van der Waals surface area contributed by atoms with Crippen LogP contribution in [-0.4, -0.2) is 30.0 Å². The van der Waals surface area contributed by atoms with Crippen molar-refractivity contribution in [2.45, 2.75) is 25.8 Å². The van der Waals surface area contributed by atoms with Crippen LogP contribution in [0.5, 0.6) is 0 Å². The summed E-state index contributed by atoms with van der Waals surface area (Å²) in [7, 11) is 0. The molecule has 1 unspecified atom stereocenters. The van der Waals surface area contributed by atoms with Gasteiger partial charge in [0.1, 0.15) is 5.82 Å². The van der Waals surface area contributed by atoms with E-state index in [-0.39, 0.29) is 17.8 Å². The van der Waals surface area contributed by atoms with Gasteiger partial charge in [-0.25, -0.2) is 4.39 Å². The number of carbonyl (C=O) groups is 1. The largest absolute Gasteiger partial charge is 0.355 e. The van der Waals surface area contributed by atoms with Crippen molar-refractivity contribution in [1.82, 2.24) is 5.32 Å². The Kier molecular flexibility index (Phi) is 7.52. The molecule has 0 fully saturated rings. The van der Waals surface area contributed by atoms with Crippen LogP contribution in [0.25, 0.3) is 0 Å². The van der Waals surface area contributed by atoms with Crippen LogP contribution in [0, 0.1) is 5.82 Å². The molecular weight excluding hydrogens is 263 g/mol. The fourth-order valence-corrected chi connectivity index (χ4v) is 2.45. The van der Waals surface area contributed by atoms with E-state index in [0.29, 0.717) is 12.3 Å². The quantitative estimate of drug-likeness (QED) is 0.718. The van der Waals surface area contributed by atoms with Crippen molar-refractivity contribution in [3.63, 3.8) is 0 Å². The molecule has 0 aliphatic rings. The molecule has 0 saturated heterocycles. The predicted octanol–water partition coefficient (Wildman–Crippen LogP) is 1.95. The lowest BCUT2D eigenvalue weighted by Crippen LogP contribution is -2.27. The standard InChI is InChI=1S/C14H21FN2OS/c1-11(16)7-9-19-10-14(18)17-8-6-12-2-4-13(15)5-3-12/h2-5,11H,6-10,16H2,1H3,(H,17,18). The molecule has 1 aromatic rings. The van der Waals surface area contributed by atoms with Crippen molar-refractivity contribution in [2.24, 2.45) is 5.73 Å². The van der Waals surface area contributed by atoms with E-state index in [1.165, 1.54) is 12.1 Å². The van der Waals surface area contributed by atoms with E-state index < -0.39 is 0 Å². The van der Waals surface area contributed by atoms with Crippen LogP contribution in [0.1, 0.15) is 18.9 Å². The average molecular weight is 284 g/mol. The molecule has 0 bridgehead atoms. The Hall–Kier alpha value is -1.07. The Morgan fingerprint density at radius 3 is 2.74 bits per heavy atom. The number of nitrogens with one attached hydrogen (secondary N) is 1. The van der Waals surface area contributed by atoms with E-state index in [2.05, 4.69) is 5.32 Å². The summed E-state index contributed by atoms with van der Waals surface area (Å²) in [5.41, 5.74) is 6.64. The highest BCUT2D eigenvalue weighted by Crippen LogP contribution is 2.04. The molecule has 5 heteroatoms. The lowest BCUT2D eigenvalue weighted by atomic mass is 10.1. The molecule has 0 aromatic heterocycles. The van der Waals surface area contributed by atoms with Crippen LogP contribution in [0.15, 0.2) is 24.3 Å². The number of rotatable bonds is 8. The third-order valence-electron chi connectivity index (χ3n) is 2.60. The van der Waals surface area contributed by atoms with Gasteiger partial charge in [-0.05, 0) is 43.2 Å². The second kappa shape index (κ2) is 8.93. The van der Waals surface area contributed by atoms with E-state index in [0.717, 1.165) is 24.2 Å². The highest BCUT2D eigenvalue weighted by molar-refractivity contribution is 7.99. The van der Waals surface area contributed by atoms with Gasteiger partial charge in [-0.2, -0.15) is 11.8 Å². The van der Waals surface area contributed by atoms with Gasteiger partial charge in [0.25, 0.3) is 0 Å². The Morgan fingerprint density at radius 2 is 2.11 bits per heavy atom. The summed E-state index contributed by atoms with van der Waals surface area (Å²) >= 11 is 1.60. The number of thioether (sulfide) groups is 1. The molecule has 0 radical (unpaired) electrons. The van der Waals surface area contributed by atoms with Crippen LogP contribution < -0.4 is 11.1 Å². The van der Waals surface area contributed by atoms with Gasteiger partial charge < -0.3 is 11.1 Å². The lowest BCUT2D eigenvalue weighted by Gasteiger charge is -2.06. The molecule has 19 heavy (non-hydrogen) atoms. The number of amides is 1. The van der Waals surface area contributed by atoms with E-state index in [1.807, 2.05) is 6.92 Å². The normalized spacial score (nSPS) is 12.2. The summed E-state index contributed by atoms with van der Waals surface area (Å²) in [5, 5.41) is 2.85. The molecule has 106 valence electrons. The van der Waals surface area contributed by atoms with Gasteiger partial charge in [-0.3, -0.25) is 4.79 Å². The van der Waals surface area contributed by atoms with Gasteiger partial charge in [0.05, 0.1) is 5.75 Å². The highest BCUT2D eigenvalue weighted by atomic mass is 32.2. The second-order valence-corrected chi connectivity index (χ2v) is 5.65. The Bertz CT molecular complexity index is 382. The summed E-state index contributed by atoms with van der Waals surface area (Å²) in [6, 6.07) is 6.52. The molecule has 0 heterocycles. The first-order valence-electron chi connectivity index (χ1n) is 6.42. The first-order chi connectivity index (χ1) is 9.08. The van der Waals surface area contributed by atoms with Crippen molar-refractivity contribution in [1.29, 1.82) is 0 Å². The Morgan fingerprint density at radius 1 is 1.42 bits per heavy atom. The fraction of sp³-hybridized carbons (Fsp3) is 0.500. The van der Waals surface area contributed by atoms with Gasteiger partial charge >= 0.3 is 0 Å². The molecule has 1 amide bonds. The van der Waals surface area contributed by atoms with Crippen molar-refractivity contribution < 1.29 is 9.18 Å². The molecule has 0 aliphatic heterocycles. The summed E-state index contributed by atoms with van der Waals surface area (Å²) in [6.07, 6.45) is 1.64. The minimum atomic E-state index is -0.238. The summed E-state index contributed by atoms with van der Waals surface area (Å²) in [6.45, 7) is 2.54. The molecule has 0 spiro atoms. The Balaban J connectivity index is 2.08. The van der Waals surface area contributed by atoms with Crippen LogP contribution in [0.3, 0.4) is 0 Å². The Labute approximate surface area is 118 Å². The number of hydrogen-bond donors (Lipinski definition) is 2. The number of benzene rings is 1. The van der Waals surface area contributed by atoms with Crippen LogP contribution in [0.2, 0.25) is 0 Å². The summed E-state index contributed by atoms with van der Waals surface area (Å²) in [4.78, 5) is 11.5. The zero-order chi connectivity index (χ0) is 14.1. The molecule has 0 saturated carbocycles. The van der Waals surface area contributed by atoms with Crippen molar-refractivity contribution in [3.05, 3.63) is 35.6 Å². The number of halogens is 1. The van der Waals surface area contributed by atoms with Crippen LogP contribution in [-0.2, 0) is 11.2 Å². The smallest absolute Gasteiger partial charge is 0.230 e. The molecule has 3 N–H and O–H groups in total. The van der Waals surface area contributed by atoms with Crippen molar-refractivity contribution >= 4 is 17.7 Å². The SMILES string of the molecule is CC(N)CCSCC(=O)NCCc1ccc(F)cc1. The van der Waals surface area contributed by atoms with Gasteiger partial charge in [-0.15, -0.1) is 0 Å². The maximum Gasteiger partial charge on any atom is 0.230 e. The highest BCUT2D eigenvalue weighted by Gasteiger charge is 2.02. The zero-order valence-electron chi connectivity index (χ0n) is 11.2. The van der Waals surface area contributed by atoms with Crippen LogP contribution >= 0.6 is 11.8 Å². The molecule has 1 aromatic carbocycles. The number of nitrogens with two attached hydrogens (primary N) is 1. The predicted molar refractivity (Wildman–Crippen MR) is 78.7 cm³/mol. The molecule has 1 atom stereocenters. The van der Waals surface area contributed by atoms with Crippen molar-refractivity contribution in [2.75, 3.05) is 18.1 Å². The third-order valence-corrected chi connectivity index (χ3v) is 3.59. The molecule has 0 aliphatic carbocycles. The monoisotopic (exact) mass is 284 g/mol.